The second kappa shape index (κ2) is 7.53. The van der Waals surface area contributed by atoms with Crippen molar-refractivity contribution in [1.82, 2.24) is 8.43 Å². The molecule has 0 aromatic rings. The van der Waals surface area contributed by atoms with Gasteiger partial charge in [0.1, 0.15) is 9.49 Å². The monoisotopic (exact) mass is 494 g/mol. The van der Waals surface area contributed by atoms with E-state index in [4.69, 9.17) is 0 Å². The Morgan fingerprint density at radius 2 is 1.10 bits per heavy atom. The van der Waals surface area contributed by atoms with Crippen LogP contribution in [0.5, 0.6) is 0 Å². The van der Waals surface area contributed by atoms with E-state index < -0.39 is 51.0 Å². The molecule has 8 nitrogen and oxygen atoms in total. The van der Waals surface area contributed by atoms with Gasteiger partial charge in [-0.2, -0.15) is 13.2 Å². The van der Waals surface area contributed by atoms with E-state index in [0.29, 0.717) is 33.1 Å². The Bertz CT molecular complexity index is 934. The van der Waals surface area contributed by atoms with Gasteiger partial charge in [0.15, 0.2) is 0 Å². The van der Waals surface area contributed by atoms with Gasteiger partial charge in [-0.3, -0.25) is 0 Å². The first-order valence-electron chi connectivity index (χ1n) is 8.28. The van der Waals surface area contributed by atoms with Gasteiger partial charge >= 0.3 is 15.5 Å². The molecule has 0 aromatic heterocycles. The molecule has 1 rings (SSSR count). The Labute approximate surface area is 167 Å². The first kappa shape index (κ1) is 26.5. The van der Waals surface area contributed by atoms with E-state index in [0.717, 1.165) is 4.31 Å². The summed E-state index contributed by atoms with van der Waals surface area (Å²) in [5.41, 5.74) is -6.08. The Morgan fingerprint density at radius 1 is 0.690 bits per heavy atom. The van der Waals surface area contributed by atoms with Gasteiger partial charge in [0.25, 0.3) is 5.92 Å². The maximum atomic E-state index is 15.3. The fraction of sp³-hybridized carbons (Fsp3) is 1.00. The molecule has 0 aromatic carbocycles. The molecule has 1 fully saturated rings. The first-order chi connectivity index (χ1) is 12.6. The number of halogens is 5. The summed E-state index contributed by atoms with van der Waals surface area (Å²) in [6.45, 7) is 1.47. The zero-order chi connectivity index (χ0) is 23.3. The number of alkyl halides is 5. The summed E-state index contributed by atoms with van der Waals surface area (Å²) < 4.78 is 135. The zero-order valence-corrected chi connectivity index (χ0v) is 18.5. The van der Waals surface area contributed by atoms with E-state index in [1.807, 2.05) is 0 Å². The number of hydrogen-bond acceptors (Lipinski definition) is 6. The second-order valence-corrected chi connectivity index (χ2v) is 14.2. The zero-order valence-electron chi connectivity index (χ0n) is 16.0. The highest BCUT2D eigenvalue weighted by atomic mass is 32.3. The maximum Gasteiger partial charge on any atom is 0.512 e. The predicted octanol–water partition coefficient (Wildman–Crippen LogP) is 1.76. The van der Waals surface area contributed by atoms with E-state index in [1.165, 1.54) is 0 Å². The fourth-order valence-electron chi connectivity index (χ4n) is 2.78. The first-order valence-corrected chi connectivity index (χ1v) is 12.7. The maximum absolute atomic E-state index is 15.3. The molecule has 1 heterocycles. The predicted molar refractivity (Wildman–Crippen MR) is 94.5 cm³/mol. The largest absolute Gasteiger partial charge is 0.512 e. The summed E-state index contributed by atoms with van der Waals surface area (Å²) in [6, 6.07) is 0. The summed E-state index contributed by atoms with van der Waals surface area (Å²) in [5.74, 6) is -4.71. The number of piperidine rings is 1. The topological polar surface area (TPSA) is 118 Å². The lowest BCUT2D eigenvalue weighted by molar-refractivity contribution is -0.0635. The van der Waals surface area contributed by atoms with Gasteiger partial charge in [-0.05, 0) is 40.5 Å². The third-order valence-corrected chi connectivity index (χ3v) is 11.6. The Morgan fingerprint density at radius 3 is 1.48 bits per heavy atom. The molecule has 1 N–H and O–H groups in total. The molecule has 174 valence electrons. The van der Waals surface area contributed by atoms with Crippen LogP contribution >= 0.6 is 0 Å². The van der Waals surface area contributed by atoms with Gasteiger partial charge in [0.2, 0.25) is 20.0 Å². The molecule has 0 amide bonds. The summed E-state index contributed by atoms with van der Waals surface area (Å²) in [6.07, 6.45) is 1.46. The van der Waals surface area contributed by atoms with Crippen LogP contribution in [0.4, 0.5) is 22.0 Å². The van der Waals surface area contributed by atoms with Crippen molar-refractivity contribution in [1.29, 1.82) is 0 Å². The van der Waals surface area contributed by atoms with Crippen LogP contribution in [0.2, 0.25) is 0 Å². The van der Waals surface area contributed by atoms with Crippen molar-refractivity contribution >= 4 is 30.1 Å². The summed E-state index contributed by atoms with van der Waals surface area (Å²) in [5, 5.41) is 0. The number of nitrogens with zero attached hydrogens (tertiary/aromatic N) is 1. The van der Waals surface area contributed by atoms with Crippen LogP contribution in [0.3, 0.4) is 0 Å². The molecule has 0 spiro atoms. The highest BCUT2D eigenvalue weighted by molar-refractivity contribution is 8.05. The number of nitrogens with one attached hydrogen (secondary N) is 1. The van der Waals surface area contributed by atoms with Gasteiger partial charge in [-0.15, -0.1) is 4.13 Å². The minimum Gasteiger partial charge on any atom is -0.211 e. The highest BCUT2D eigenvalue weighted by Crippen LogP contribution is 2.48. The number of rotatable bonds is 7. The lowest BCUT2D eigenvalue weighted by Crippen LogP contribution is -2.67. The van der Waals surface area contributed by atoms with Crippen LogP contribution in [-0.4, -0.2) is 63.6 Å². The minimum absolute atomic E-state index is 0.0737. The molecule has 0 atom stereocenters. The number of sulfonamides is 3. The highest BCUT2D eigenvalue weighted by Gasteiger charge is 2.70. The van der Waals surface area contributed by atoms with Crippen LogP contribution in [0.25, 0.3) is 0 Å². The van der Waals surface area contributed by atoms with Crippen LogP contribution in [0, 0.1) is 0 Å². The lowest BCUT2D eigenvalue weighted by Gasteiger charge is -2.44. The Kier molecular flexibility index (Phi) is 6.87. The molecule has 1 aliphatic rings. The molecule has 1 saturated heterocycles. The van der Waals surface area contributed by atoms with Gasteiger partial charge in [-0.1, -0.05) is 6.42 Å². The smallest absolute Gasteiger partial charge is 0.211 e. The van der Waals surface area contributed by atoms with Gasteiger partial charge < -0.3 is 0 Å². The van der Waals surface area contributed by atoms with Crippen LogP contribution in [0.1, 0.15) is 47.0 Å². The molecule has 0 bridgehead atoms. The molecule has 1 aliphatic heterocycles. The average Bonchev–Trinajstić information content (AvgIpc) is 2.52. The van der Waals surface area contributed by atoms with Crippen LogP contribution in [-0.2, 0) is 30.1 Å². The molecule has 29 heavy (non-hydrogen) atoms. The summed E-state index contributed by atoms with van der Waals surface area (Å²) in [7, 11) is -17.3. The van der Waals surface area contributed by atoms with Gasteiger partial charge in [0, 0.05) is 13.1 Å². The quantitative estimate of drug-likeness (QED) is 0.539. The average molecular weight is 495 g/mol. The van der Waals surface area contributed by atoms with Crippen molar-refractivity contribution in [2.75, 3.05) is 13.1 Å². The Balaban J connectivity index is 3.47. The van der Waals surface area contributed by atoms with Crippen molar-refractivity contribution in [2.45, 2.75) is 67.9 Å². The summed E-state index contributed by atoms with van der Waals surface area (Å²) >= 11 is 0. The van der Waals surface area contributed by atoms with E-state index >= 15 is 8.78 Å². The molecular weight excluding hydrogens is 471 g/mol. The van der Waals surface area contributed by atoms with E-state index in [1.54, 1.807) is 0 Å². The van der Waals surface area contributed by atoms with E-state index in [9.17, 15) is 38.4 Å². The third-order valence-electron chi connectivity index (χ3n) is 5.01. The van der Waals surface area contributed by atoms with Crippen LogP contribution < -0.4 is 4.13 Å². The van der Waals surface area contributed by atoms with Crippen molar-refractivity contribution in [3.63, 3.8) is 0 Å². The van der Waals surface area contributed by atoms with Crippen molar-refractivity contribution < 1.29 is 47.2 Å². The van der Waals surface area contributed by atoms with Crippen molar-refractivity contribution in [3.8, 4) is 0 Å². The second-order valence-electron chi connectivity index (χ2n) is 7.60. The lowest BCUT2D eigenvalue weighted by atomic mass is 9.93. The molecule has 0 radical (unpaired) electrons. The van der Waals surface area contributed by atoms with Crippen molar-refractivity contribution in [3.05, 3.63) is 0 Å². The normalized spacial score (nSPS) is 19.3. The van der Waals surface area contributed by atoms with E-state index in [2.05, 4.69) is 0 Å². The fourth-order valence-corrected chi connectivity index (χ4v) is 7.77. The van der Waals surface area contributed by atoms with E-state index in [-0.39, 0.29) is 31.1 Å². The van der Waals surface area contributed by atoms with Gasteiger partial charge in [0.05, 0.1) is 0 Å². The molecule has 0 aliphatic carbocycles. The minimum atomic E-state index is -6.53. The molecule has 0 saturated carbocycles. The standard InChI is InChI=1S/C13H23F5N2O6S3/c1-10(2,27(21,22)19-28(23,24)13(16,17)18)12(14,15)11(3,4)29(25,26)20-8-6-5-7-9-20/h19H,5-9H2,1-4H3. The summed E-state index contributed by atoms with van der Waals surface area (Å²) in [4.78, 5) is 0. The van der Waals surface area contributed by atoms with Crippen LogP contribution in [0.15, 0.2) is 0 Å². The number of hydrogen-bond donors (Lipinski definition) is 1. The Hall–Kier alpha value is -0.580. The SMILES string of the molecule is CC(C)(C(F)(F)C(C)(C)S(=O)(=O)N1CCCCC1)S(=O)(=O)NS(=O)(=O)C(F)(F)F. The van der Waals surface area contributed by atoms with Crippen molar-refractivity contribution in [2.24, 2.45) is 0 Å². The third kappa shape index (κ3) is 4.27. The van der Waals surface area contributed by atoms with Gasteiger partial charge in [-0.25, -0.2) is 38.3 Å². The molecule has 16 heteroatoms. The molecule has 0 unspecified atom stereocenters. The molecular formula is C13H23F5N2O6S3.